The minimum absolute atomic E-state index is 0.243. The van der Waals surface area contributed by atoms with Gasteiger partial charge in [0.1, 0.15) is 73.2 Å². The molecule has 17 atom stereocenters. The number of unbranched alkanes of at least 4 members (excludes halogenated alkanes) is 14. The molecule has 0 aromatic carbocycles. The van der Waals surface area contributed by atoms with Gasteiger partial charge in [-0.2, -0.15) is 0 Å². The zero-order valence-electron chi connectivity index (χ0n) is 36.6. The Kier molecular flexibility index (Phi) is 26.5. The number of nitrogens with one attached hydrogen (secondary N) is 1. The minimum atomic E-state index is -1.97. The number of hydrogen-bond donors (Lipinski definition) is 12. The first-order chi connectivity index (χ1) is 29.8. The van der Waals surface area contributed by atoms with E-state index in [4.69, 9.17) is 28.4 Å². The fourth-order valence-corrected chi connectivity index (χ4v) is 7.89. The van der Waals surface area contributed by atoms with Gasteiger partial charge in [-0.1, -0.05) is 109 Å². The normalized spacial score (nSPS) is 35.3. The van der Waals surface area contributed by atoms with Gasteiger partial charge in [-0.05, 0) is 19.3 Å². The lowest BCUT2D eigenvalue weighted by Crippen LogP contribution is -2.66. The van der Waals surface area contributed by atoms with E-state index in [-0.39, 0.29) is 18.9 Å². The van der Waals surface area contributed by atoms with Gasteiger partial charge in [0, 0.05) is 6.42 Å². The van der Waals surface area contributed by atoms with Crippen LogP contribution in [0.3, 0.4) is 0 Å². The molecule has 62 heavy (non-hydrogen) atoms. The van der Waals surface area contributed by atoms with E-state index in [2.05, 4.69) is 19.2 Å². The number of aliphatic hydroxyl groups excluding tert-OH is 11. The highest BCUT2D eigenvalue weighted by atomic mass is 16.8. The summed E-state index contributed by atoms with van der Waals surface area (Å²) in [5, 5.41) is 119. The maximum absolute atomic E-state index is 13.0. The quantitative estimate of drug-likeness (QED) is 0.0320. The average Bonchev–Trinajstić information content (AvgIpc) is 3.26. The van der Waals surface area contributed by atoms with Gasteiger partial charge in [-0.3, -0.25) is 4.79 Å². The maximum atomic E-state index is 13.0. The van der Waals surface area contributed by atoms with Crippen molar-refractivity contribution in [1.82, 2.24) is 5.32 Å². The number of carbonyl (C=O) groups excluding carboxylic acids is 1. The lowest BCUT2D eigenvalue weighted by Gasteiger charge is -2.48. The van der Waals surface area contributed by atoms with Gasteiger partial charge in [-0.15, -0.1) is 0 Å². The van der Waals surface area contributed by atoms with E-state index < -0.39 is 124 Å². The Balaban J connectivity index is 1.61. The summed E-state index contributed by atoms with van der Waals surface area (Å²) in [5.41, 5.74) is 0. The highest BCUT2D eigenvalue weighted by molar-refractivity contribution is 5.76. The molecule has 3 heterocycles. The van der Waals surface area contributed by atoms with Crippen molar-refractivity contribution in [2.24, 2.45) is 0 Å². The first kappa shape index (κ1) is 54.9. The lowest BCUT2D eigenvalue weighted by molar-refractivity contribution is -0.379. The van der Waals surface area contributed by atoms with Crippen molar-refractivity contribution in [3.05, 3.63) is 12.2 Å². The number of aliphatic hydroxyl groups is 11. The van der Waals surface area contributed by atoms with Gasteiger partial charge >= 0.3 is 0 Å². The second kappa shape index (κ2) is 29.9. The molecule has 0 aromatic rings. The molecule has 3 rings (SSSR count). The van der Waals surface area contributed by atoms with E-state index in [9.17, 15) is 61.0 Å². The molecular formula is C43H79NO18. The van der Waals surface area contributed by atoms with Gasteiger partial charge in [0.2, 0.25) is 5.91 Å². The largest absolute Gasteiger partial charge is 0.394 e. The van der Waals surface area contributed by atoms with Gasteiger partial charge < -0.3 is 89.9 Å². The van der Waals surface area contributed by atoms with Crippen LogP contribution in [0, 0.1) is 0 Å². The Labute approximate surface area is 365 Å². The molecule has 12 N–H and O–H groups in total. The van der Waals surface area contributed by atoms with Gasteiger partial charge in [0.25, 0.3) is 0 Å². The van der Waals surface area contributed by atoms with E-state index >= 15 is 0 Å². The van der Waals surface area contributed by atoms with Gasteiger partial charge in [-0.25, -0.2) is 0 Å². The summed E-state index contributed by atoms with van der Waals surface area (Å²) in [6.07, 6.45) is -5.83. The van der Waals surface area contributed by atoms with Crippen molar-refractivity contribution in [3.8, 4) is 0 Å². The van der Waals surface area contributed by atoms with Crippen LogP contribution in [0.15, 0.2) is 12.2 Å². The van der Waals surface area contributed by atoms with Crippen LogP contribution in [0.1, 0.15) is 123 Å². The Hall–Kier alpha value is -1.47. The molecule has 3 fully saturated rings. The Morgan fingerprint density at radius 2 is 1.00 bits per heavy atom. The monoisotopic (exact) mass is 898 g/mol. The van der Waals surface area contributed by atoms with Crippen LogP contribution in [0.2, 0.25) is 0 Å². The maximum Gasteiger partial charge on any atom is 0.220 e. The van der Waals surface area contributed by atoms with E-state index in [1.54, 1.807) is 6.08 Å². The molecule has 3 aliphatic heterocycles. The van der Waals surface area contributed by atoms with Crippen LogP contribution in [0.4, 0.5) is 0 Å². The van der Waals surface area contributed by atoms with Crippen molar-refractivity contribution >= 4 is 5.91 Å². The second-order valence-corrected chi connectivity index (χ2v) is 16.9. The SMILES string of the molecule is CCCCCCCCCC/C=C/C(O)C(COC1OC(CO)C(OC2OC(CO)C(OC3OC(CO)C(O)C(O)C3O)C(O)C2O)C(O)C1O)NC(=O)CCCCCCCCC. The second-order valence-electron chi connectivity index (χ2n) is 16.9. The van der Waals surface area contributed by atoms with Crippen molar-refractivity contribution in [1.29, 1.82) is 0 Å². The summed E-state index contributed by atoms with van der Waals surface area (Å²) in [7, 11) is 0. The van der Waals surface area contributed by atoms with Crippen molar-refractivity contribution in [3.63, 3.8) is 0 Å². The number of amides is 1. The summed E-state index contributed by atoms with van der Waals surface area (Å²) in [4.78, 5) is 13.0. The molecule has 0 radical (unpaired) electrons. The molecule has 364 valence electrons. The molecular weight excluding hydrogens is 818 g/mol. The van der Waals surface area contributed by atoms with E-state index in [1.807, 2.05) is 6.08 Å². The smallest absolute Gasteiger partial charge is 0.220 e. The molecule has 19 heteroatoms. The predicted molar refractivity (Wildman–Crippen MR) is 222 cm³/mol. The Morgan fingerprint density at radius 3 is 1.52 bits per heavy atom. The molecule has 1 amide bonds. The molecule has 3 saturated heterocycles. The van der Waals surface area contributed by atoms with Crippen LogP contribution in [-0.4, -0.2) is 193 Å². The van der Waals surface area contributed by atoms with E-state index in [0.29, 0.717) is 6.42 Å². The summed E-state index contributed by atoms with van der Waals surface area (Å²) in [6.45, 7) is 1.58. The third-order valence-corrected chi connectivity index (χ3v) is 11.8. The number of ether oxygens (including phenoxy) is 6. The van der Waals surface area contributed by atoms with Crippen molar-refractivity contribution in [2.75, 3.05) is 26.4 Å². The summed E-state index contributed by atoms with van der Waals surface area (Å²) >= 11 is 0. The van der Waals surface area contributed by atoms with Crippen LogP contribution in [0.25, 0.3) is 0 Å². The average molecular weight is 898 g/mol. The molecule has 0 aromatic heterocycles. The molecule has 0 saturated carbocycles. The van der Waals surface area contributed by atoms with E-state index in [0.717, 1.165) is 57.8 Å². The van der Waals surface area contributed by atoms with Crippen LogP contribution < -0.4 is 5.32 Å². The highest BCUT2D eigenvalue weighted by Gasteiger charge is 2.53. The summed E-state index contributed by atoms with van der Waals surface area (Å²) in [5.74, 6) is -0.287. The Bertz CT molecular complexity index is 1220. The zero-order chi connectivity index (χ0) is 45.6. The van der Waals surface area contributed by atoms with Gasteiger partial charge in [0.05, 0.1) is 38.6 Å². The van der Waals surface area contributed by atoms with Gasteiger partial charge in [0.15, 0.2) is 18.9 Å². The summed E-state index contributed by atoms with van der Waals surface area (Å²) in [6, 6.07) is -0.961. The predicted octanol–water partition coefficient (Wildman–Crippen LogP) is -0.475. The highest BCUT2D eigenvalue weighted by Crippen LogP contribution is 2.33. The fraction of sp³-hybridized carbons (Fsp3) is 0.930. The molecule has 3 aliphatic rings. The minimum Gasteiger partial charge on any atom is -0.394 e. The standard InChI is InChI=1S/C43H79NO18/c1-3-5-7-9-11-12-13-15-16-18-20-27(48)26(44-31(49)21-19-17-14-10-8-6-4-2)25-57-41-37(55)34(52)39(29(23-46)59-41)62-43-38(56)35(53)40(30(24-47)60-43)61-42-36(54)33(51)32(50)28(22-45)58-42/h18,20,26-30,32-43,45-48,50-56H,3-17,19,21-25H2,1-2H3,(H,44,49)/b20-18+. The fourth-order valence-electron chi connectivity index (χ4n) is 7.89. The molecule has 0 spiro atoms. The Morgan fingerprint density at radius 1 is 0.565 bits per heavy atom. The third-order valence-electron chi connectivity index (χ3n) is 11.8. The van der Waals surface area contributed by atoms with Crippen LogP contribution in [-0.2, 0) is 33.2 Å². The molecule has 0 aliphatic carbocycles. The first-order valence-corrected chi connectivity index (χ1v) is 22.9. The topological polar surface area (TPSA) is 307 Å². The lowest BCUT2D eigenvalue weighted by atomic mass is 9.96. The number of hydrogen-bond acceptors (Lipinski definition) is 18. The third kappa shape index (κ3) is 17.1. The first-order valence-electron chi connectivity index (χ1n) is 22.9. The molecule has 0 bridgehead atoms. The van der Waals surface area contributed by atoms with Crippen LogP contribution in [0.5, 0.6) is 0 Å². The number of rotatable bonds is 30. The number of carbonyl (C=O) groups is 1. The van der Waals surface area contributed by atoms with Crippen molar-refractivity contribution in [2.45, 2.75) is 227 Å². The van der Waals surface area contributed by atoms with Crippen LogP contribution >= 0.6 is 0 Å². The molecule has 19 nitrogen and oxygen atoms in total. The molecule has 17 unspecified atom stereocenters. The van der Waals surface area contributed by atoms with E-state index in [1.165, 1.54) is 38.5 Å². The van der Waals surface area contributed by atoms with Crippen molar-refractivity contribution < 1.29 is 89.4 Å². The zero-order valence-corrected chi connectivity index (χ0v) is 36.6. The summed E-state index contributed by atoms with van der Waals surface area (Å²) < 4.78 is 33.9. The number of allylic oxidation sites excluding steroid dienone is 1.